The standard InChI is InChI=1S/C30H33N/c1-20-8-6-10-22(16-20)23-12-14-26-27-15-13-25(19-29(27)30(3,4)28(26)18-23)31(5)24-11-7-9-21(2)17-24/h6-7,9-16,18-21H,8,17H2,1-5H3. The molecule has 0 bridgehead atoms. The molecule has 2 aromatic carbocycles. The Balaban J connectivity index is 1.53. The summed E-state index contributed by atoms with van der Waals surface area (Å²) in [5.41, 5.74) is 11.0. The first kappa shape index (κ1) is 20.1. The van der Waals surface area contributed by atoms with E-state index >= 15 is 0 Å². The summed E-state index contributed by atoms with van der Waals surface area (Å²) in [6.45, 7) is 9.34. The number of nitrogens with zero attached hydrogens (tertiary/aromatic N) is 1. The van der Waals surface area contributed by atoms with Gasteiger partial charge < -0.3 is 4.90 Å². The summed E-state index contributed by atoms with van der Waals surface area (Å²) in [6.07, 6.45) is 16.0. The SMILES string of the molecule is CC1C=C(c2ccc3c(c2)C(C)(C)c2cc(N(C)C4=CC=CC(C)C4)ccc2-3)C=CC1. The van der Waals surface area contributed by atoms with Gasteiger partial charge >= 0.3 is 0 Å². The second-order valence-electron chi connectivity index (χ2n) is 10.1. The van der Waals surface area contributed by atoms with Gasteiger partial charge in [-0.15, -0.1) is 0 Å². The molecule has 0 radical (unpaired) electrons. The van der Waals surface area contributed by atoms with E-state index in [-0.39, 0.29) is 5.41 Å². The van der Waals surface area contributed by atoms with Gasteiger partial charge in [0.2, 0.25) is 0 Å². The summed E-state index contributed by atoms with van der Waals surface area (Å²) >= 11 is 0. The van der Waals surface area contributed by atoms with E-state index in [1.54, 1.807) is 0 Å². The number of anilines is 1. The van der Waals surface area contributed by atoms with Crippen molar-refractivity contribution in [3.63, 3.8) is 0 Å². The van der Waals surface area contributed by atoms with Crippen LogP contribution in [0.4, 0.5) is 5.69 Å². The monoisotopic (exact) mass is 407 g/mol. The molecule has 0 amide bonds. The van der Waals surface area contributed by atoms with Crippen molar-refractivity contribution in [1.82, 2.24) is 0 Å². The van der Waals surface area contributed by atoms with E-state index in [2.05, 4.69) is 112 Å². The predicted molar refractivity (Wildman–Crippen MR) is 134 cm³/mol. The fourth-order valence-electron chi connectivity index (χ4n) is 5.38. The maximum Gasteiger partial charge on any atom is 0.0409 e. The van der Waals surface area contributed by atoms with Crippen molar-refractivity contribution in [3.05, 3.63) is 95.2 Å². The third kappa shape index (κ3) is 3.41. The van der Waals surface area contributed by atoms with Crippen molar-refractivity contribution in [2.24, 2.45) is 11.8 Å². The molecule has 2 atom stereocenters. The number of benzene rings is 2. The highest BCUT2D eigenvalue weighted by molar-refractivity contribution is 5.86. The Morgan fingerprint density at radius 3 is 2.42 bits per heavy atom. The van der Waals surface area contributed by atoms with Crippen LogP contribution in [0.2, 0.25) is 0 Å². The van der Waals surface area contributed by atoms with Gasteiger partial charge in [0.1, 0.15) is 0 Å². The summed E-state index contributed by atoms with van der Waals surface area (Å²) in [6, 6.07) is 14.1. The van der Waals surface area contributed by atoms with Gasteiger partial charge in [0, 0.05) is 23.8 Å². The predicted octanol–water partition coefficient (Wildman–Crippen LogP) is 7.89. The Bertz CT molecular complexity index is 1150. The Hall–Kier alpha value is -2.80. The van der Waals surface area contributed by atoms with Gasteiger partial charge in [-0.25, -0.2) is 0 Å². The largest absolute Gasteiger partial charge is 0.348 e. The number of rotatable bonds is 3. The van der Waals surface area contributed by atoms with E-state index in [4.69, 9.17) is 0 Å². The second-order valence-corrected chi connectivity index (χ2v) is 10.1. The molecule has 0 saturated heterocycles. The number of allylic oxidation sites excluding steroid dienone is 8. The second kappa shape index (κ2) is 7.41. The first-order valence-electron chi connectivity index (χ1n) is 11.6. The lowest BCUT2D eigenvalue weighted by atomic mass is 9.81. The van der Waals surface area contributed by atoms with Crippen LogP contribution in [0.5, 0.6) is 0 Å². The molecule has 0 saturated carbocycles. The minimum atomic E-state index is -0.00375. The highest BCUT2D eigenvalue weighted by atomic mass is 15.1. The summed E-state index contributed by atoms with van der Waals surface area (Å²) in [5, 5.41) is 0. The van der Waals surface area contributed by atoms with Gasteiger partial charge in [0.15, 0.2) is 0 Å². The van der Waals surface area contributed by atoms with Gasteiger partial charge in [-0.3, -0.25) is 0 Å². The van der Waals surface area contributed by atoms with E-state index in [0.29, 0.717) is 11.8 Å². The van der Waals surface area contributed by atoms with Crippen LogP contribution in [0, 0.1) is 11.8 Å². The van der Waals surface area contributed by atoms with Gasteiger partial charge in [-0.05, 0) is 82.3 Å². The maximum absolute atomic E-state index is 2.43. The Morgan fingerprint density at radius 2 is 1.68 bits per heavy atom. The fraction of sp³-hybridized carbons (Fsp3) is 0.333. The van der Waals surface area contributed by atoms with Crippen LogP contribution in [0.15, 0.2) is 78.6 Å². The number of hydrogen-bond donors (Lipinski definition) is 0. The summed E-state index contributed by atoms with van der Waals surface area (Å²) in [4.78, 5) is 2.36. The normalized spacial score (nSPS) is 23.1. The molecular weight excluding hydrogens is 374 g/mol. The maximum atomic E-state index is 2.43. The Morgan fingerprint density at radius 1 is 0.935 bits per heavy atom. The molecule has 0 N–H and O–H groups in total. The third-order valence-corrected chi connectivity index (χ3v) is 7.34. The topological polar surface area (TPSA) is 3.24 Å². The van der Waals surface area contributed by atoms with Gasteiger partial charge in [-0.1, -0.05) is 76.3 Å². The van der Waals surface area contributed by atoms with E-state index in [1.165, 1.54) is 44.8 Å². The molecule has 3 aliphatic rings. The lowest BCUT2D eigenvalue weighted by Gasteiger charge is -2.28. The van der Waals surface area contributed by atoms with Crippen LogP contribution in [0.3, 0.4) is 0 Å². The van der Waals surface area contributed by atoms with E-state index in [9.17, 15) is 0 Å². The average Bonchev–Trinajstić information content (AvgIpc) is 2.99. The minimum Gasteiger partial charge on any atom is -0.348 e. The molecule has 5 rings (SSSR count). The number of hydrogen-bond acceptors (Lipinski definition) is 1. The van der Waals surface area contributed by atoms with Crippen molar-refractivity contribution >= 4 is 11.3 Å². The Labute approximate surface area is 187 Å². The molecular formula is C30H33N. The highest BCUT2D eigenvalue weighted by Crippen LogP contribution is 2.50. The van der Waals surface area contributed by atoms with Crippen LogP contribution in [0.1, 0.15) is 57.2 Å². The van der Waals surface area contributed by atoms with Crippen molar-refractivity contribution in [2.45, 2.75) is 46.0 Å². The zero-order valence-corrected chi connectivity index (χ0v) is 19.4. The summed E-state index contributed by atoms with van der Waals surface area (Å²) < 4.78 is 0. The van der Waals surface area contributed by atoms with Crippen LogP contribution in [0.25, 0.3) is 16.7 Å². The highest BCUT2D eigenvalue weighted by Gasteiger charge is 2.36. The van der Waals surface area contributed by atoms with Crippen LogP contribution < -0.4 is 4.90 Å². The van der Waals surface area contributed by atoms with Gasteiger partial charge in [0.05, 0.1) is 0 Å². The van der Waals surface area contributed by atoms with Crippen LogP contribution in [-0.4, -0.2) is 7.05 Å². The smallest absolute Gasteiger partial charge is 0.0409 e. The van der Waals surface area contributed by atoms with Crippen molar-refractivity contribution in [2.75, 3.05) is 11.9 Å². The van der Waals surface area contributed by atoms with Gasteiger partial charge in [0.25, 0.3) is 0 Å². The van der Waals surface area contributed by atoms with Crippen molar-refractivity contribution in [1.29, 1.82) is 0 Å². The molecule has 0 spiro atoms. The molecule has 0 fully saturated rings. The van der Waals surface area contributed by atoms with Gasteiger partial charge in [-0.2, -0.15) is 0 Å². The van der Waals surface area contributed by atoms with Crippen molar-refractivity contribution in [3.8, 4) is 11.1 Å². The molecule has 1 heteroatoms. The molecule has 0 aromatic heterocycles. The first-order chi connectivity index (χ1) is 14.8. The molecule has 0 aliphatic heterocycles. The molecule has 158 valence electrons. The molecule has 3 aliphatic carbocycles. The fourth-order valence-corrected chi connectivity index (χ4v) is 5.38. The quantitative estimate of drug-likeness (QED) is 0.500. The zero-order chi connectivity index (χ0) is 21.8. The molecule has 0 heterocycles. The Kier molecular flexibility index (Phi) is 4.81. The molecule has 1 nitrogen and oxygen atoms in total. The molecule has 31 heavy (non-hydrogen) atoms. The van der Waals surface area contributed by atoms with Crippen molar-refractivity contribution < 1.29 is 0 Å². The summed E-state index contributed by atoms with van der Waals surface area (Å²) in [5.74, 6) is 1.21. The number of fused-ring (bicyclic) bond motifs is 3. The molecule has 2 unspecified atom stereocenters. The van der Waals surface area contributed by atoms with Crippen LogP contribution >= 0.6 is 0 Å². The lowest BCUT2D eigenvalue weighted by Crippen LogP contribution is -2.20. The van der Waals surface area contributed by atoms with Crippen LogP contribution in [-0.2, 0) is 5.41 Å². The molecule has 2 aromatic rings. The zero-order valence-electron chi connectivity index (χ0n) is 19.4. The third-order valence-electron chi connectivity index (χ3n) is 7.34. The van der Waals surface area contributed by atoms with E-state index in [0.717, 1.165) is 12.8 Å². The van der Waals surface area contributed by atoms with E-state index < -0.39 is 0 Å². The lowest BCUT2D eigenvalue weighted by molar-refractivity contribution is 0.659. The average molecular weight is 408 g/mol. The summed E-state index contributed by atoms with van der Waals surface area (Å²) in [7, 11) is 2.20. The minimum absolute atomic E-state index is 0.00375. The first-order valence-corrected chi connectivity index (χ1v) is 11.6. The van der Waals surface area contributed by atoms with E-state index in [1.807, 2.05) is 0 Å².